The van der Waals surface area contributed by atoms with Crippen molar-refractivity contribution in [3.05, 3.63) is 0 Å². The number of fused-ring (bicyclic) bond motifs is 1. The van der Waals surface area contributed by atoms with Crippen molar-refractivity contribution < 1.29 is 33.9 Å². The molecule has 5 amide bonds. The van der Waals surface area contributed by atoms with Gasteiger partial charge in [0.05, 0.1) is 6.04 Å². The Morgan fingerprint density at radius 2 is 1.65 bits per heavy atom. The van der Waals surface area contributed by atoms with Gasteiger partial charge in [-0.25, -0.2) is 9.59 Å². The van der Waals surface area contributed by atoms with Gasteiger partial charge in [0.25, 0.3) is 5.91 Å². The zero-order valence-corrected chi connectivity index (χ0v) is 24.6. The number of amides is 5. The number of rotatable bonds is 12. The SMILES string of the molecule is CC[C@H](C)[C@H](NC(=O)N[C@H](C(=O)N1C[C@H]2[C@@H]([C@H]1C(=O)NC(CC1CC1)C(=O)C(N)=O)C2(C)C)C(C)(C)C)C(=O)O. The van der Waals surface area contributed by atoms with Crippen molar-refractivity contribution in [2.24, 2.45) is 40.2 Å². The lowest BCUT2D eigenvalue weighted by molar-refractivity contribution is -0.145. The summed E-state index contributed by atoms with van der Waals surface area (Å²) in [6.07, 6.45) is 2.66. The number of urea groups is 1. The zero-order valence-electron chi connectivity index (χ0n) is 24.6. The van der Waals surface area contributed by atoms with E-state index >= 15 is 0 Å². The summed E-state index contributed by atoms with van der Waals surface area (Å²) in [5.41, 5.74) is 4.27. The van der Waals surface area contributed by atoms with Crippen molar-refractivity contribution in [2.75, 3.05) is 6.54 Å². The van der Waals surface area contributed by atoms with Crippen LogP contribution in [0.15, 0.2) is 0 Å². The first-order chi connectivity index (χ1) is 18.4. The van der Waals surface area contributed by atoms with Gasteiger partial charge in [-0.15, -0.1) is 0 Å². The van der Waals surface area contributed by atoms with Gasteiger partial charge in [0.15, 0.2) is 0 Å². The second kappa shape index (κ2) is 11.4. The molecule has 0 aromatic rings. The Morgan fingerprint density at radius 3 is 2.12 bits per heavy atom. The quantitative estimate of drug-likeness (QED) is 0.219. The Morgan fingerprint density at radius 1 is 1.05 bits per heavy atom. The topological polar surface area (TPSA) is 188 Å². The van der Waals surface area contributed by atoms with Crippen LogP contribution in [0.1, 0.15) is 74.1 Å². The fraction of sp³-hybridized carbons (Fsp3) is 0.786. The molecule has 12 nitrogen and oxygen atoms in total. The van der Waals surface area contributed by atoms with Crippen molar-refractivity contribution in [1.82, 2.24) is 20.9 Å². The second-order valence-corrected chi connectivity index (χ2v) is 13.5. The molecule has 2 aliphatic carbocycles. The zero-order chi connectivity index (χ0) is 30.3. The highest BCUT2D eigenvalue weighted by atomic mass is 16.4. The average Bonchev–Trinajstić information content (AvgIpc) is 3.70. The molecule has 3 fully saturated rings. The number of Topliss-reactive ketones (excluding diaryl/α,β-unsaturated/α-hetero) is 1. The lowest BCUT2D eigenvalue weighted by atomic mass is 9.85. The molecule has 6 N–H and O–H groups in total. The van der Waals surface area contributed by atoms with E-state index in [0.717, 1.165) is 12.8 Å². The standard InChI is InChI=1S/C28H45N5O7/c1-8-13(2)18(25(38)39)31-26(40)32-21(27(3,4)5)24(37)33-12-15-17(28(15,6)7)19(33)23(36)30-16(11-14-9-10-14)20(34)22(29)35/h13-19,21H,8-12H2,1-7H3,(H2,29,35)(H,30,36)(H,38,39)(H2,31,32,40)/t13-,15-,16?,17-,18-,19-,21+/m0/s1. The molecule has 1 aliphatic heterocycles. The average molecular weight is 564 g/mol. The molecule has 1 heterocycles. The highest BCUT2D eigenvalue weighted by molar-refractivity contribution is 6.37. The van der Waals surface area contributed by atoms with E-state index in [1.54, 1.807) is 27.7 Å². The number of carbonyl (C=O) groups is 6. The third-order valence-electron chi connectivity index (χ3n) is 9.06. The molecule has 0 bridgehead atoms. The molecular weight excluding hydrogens is 518 g/mol. The summed E-state index contributed by atoms with van der Waals surface area (Å²) in [7, 11) is 0. The molecule has 3 rings (SSSR count). The third-order valence-corrected chi connectivity index (χ3v) is 9.06. The van der Waals surface area contributed by atoms with Gasteiger partial charge in [-0.05, 0) is 40.9 Å². The van der Waals surface area contributed by atoms with E-state index in [2.05, 4.69) is 16.0 Å². The molecule has 224 valence electrons. The van der Waals surface area contributed by atoms with E-state index in [0.29, 0.717) is 19.4 Å². The lowest BCUT2D eigenvalue weighted by Gasteiger charge is -2.38. The van der Waals surface area contributed by atoms with Gasteiger partial charge < -0.3 is 31.7 Å². The minimum Gasteiger partial charge on any atom is -0.480 e. The van der Waals surface area contributed by atoms with Gasteiger partial charge in [-0.3, -0.25) is 19.2 Å². The summed E-state index contributed by atoms with van der Waals surface area (Å²) in [5, 5.41) is 17.4. The van der Waals surface area contributed by atoms with E-state index < -0.39 is 65.1 Å². The molecule has 0 aromatic carbocycles. The third kappa shape index (κ3) is 6.58. The number of carbonyl (C=O) groups excluding carboxylic acids is 5. The Bertz CT molecular complexity index is 1060. The number of piperidine rings is 1. The summed E-state index contributed by atoms with van der Waals surface area (Å²) in [6.45, 7) is 13.2. The first-order valence-electron chi connectivity index (χ1n) is 14.2. The first-order valence-corrected chi connectivity index (χ1v) is 14.2. The summed E-state index contributed by atoms with van der Waals surface area (Å²) >= 11 is 0. The fourth-order valence-electron chi connectivity index (χ4n) is 5.97. The van der Waals surface area contributed by atoms with Crippen molar-refractivity contribution in [3.8, 4) is 0 Å². The number of aliphatic carboxylic acids is 1. The van der Waals surface area contributed by atoms with Gasteiger partial charge >= 0.3 is 12.0 Å². The van der Waals surface area contributed by atoms with Crippen molar-refractivity contribution in [3.63, 3.8) is 0 Å². The van der Waals surface area contributed by atoms with Crippen molar-refractivity contribution >= 4 is 35.5 Å². The number of hydrogen-bond acceptors (Lipinski definition) is 6. The molecule has 1 unspecified atom stereocenters. The van der Waals surface area contributed by atoms with Gasteiger partial charge in [0.1, 0.15) is 18.1 Å². The monoisotopic (exact) mass is 563 g/mol. The first kappa shape index (κ1) is 31.3. The molecule has 1 saturated heterocycles. The van der Waals surface area contributed by atoms with Gasteiger partial charge in [-0.1, -0.05) is 67.7 Å². The van der Waals surface area contributed by atoms with Crippen LogP contribution in [0.3, 0.4) is 0 Å². The Balaban J connectivity index is 1.82. The molecule has 3 aliphatic rings. The molecule has 0 spiro atoms. The van der Waals surface area contributed by atoms with E-state index in [4.69, 9.17) is 5.73 Å². The van der Waals surface area contributed by atoms with Crippen LogP contribution in [-0.4, -0.2) is 76.2 Å². The van der Waals surface area contributed by atoms with E-state index in [-0.39, 0.29) is 29.1 Å². The van der Waals surface area contributed by atoms with Crippen LogP contribution in [0.5, 0.6) is 0 Å². The normalized spacial score (nSPS) is 26.0. The number of ketones is 1. The number of carboxylic acids is 1. The molecule has 2 saturated carbocycles. The van der Waals surface area contributed by atoms with Crippen LogP contribution in [0, 0.1) is 34.5 Å². The number of primary amides is 1. The molecular formula is C28H45N5O7. The molecule has 0 aromatic heterocycles. The number of nitrogens with one attached hydrogen (secondary N) is 3. The number of carboxylic acid groups (broad SMARTS) is 1. The number of hydrogen-bond donors (Lipinski definition) is 5. The van der Waals surface area contributed by atoms with Crippen LogP contribution in [0.25, 0.3) is 0 Å². The number of nitrogens with two attached hydrogens (primary N) is 1. The second-order valence-electron chi connectivity index (χ2n) is 13.5. The minimum atomic E-state index is -1.17. The molecule has 40 heavy (non-hydrogen) atoms. The summed E-state index contributed by atoms with van der Waals surface area (Å²) in [4.78, 5) is 77.9. The van der Waals surface area contributed by atoms with Gasteiger partial charge in [0, 0.05) is 6.54 Å². The summed E-state index contributed by atoms with van der Waals surface area (Å²) < 4.78 is 0. The minimum absolute atomic E-state index is 0.0529. The van der Waals surface area contributed by atoms with E-state index in [1.165, 1.54) is 4.90 Å². The van der Waals surface area contributed by atoms with Crippen LogP contribution in [-0.2, 0) is 24.0 Å². The smallest absolute Gasteiger partial charge is 0.326 e. The Hall–Kier alpha value is -3.18. The largest absolute Gasteiger partial charge is 0.480 e. The summed E-state index contributed by atoms with van der Waals surface area (Å²) in [6, 6.07) is -4.93. The van der Waals surface area contributed by atoms with Crippen LogP contribution < -0.4 is 21.7 Å². The number of likely N-dealkylation sites (tertiary alicyclic amines) is 1. The molecule has 7 atom stereocenters. The predicted octanol–water partition coefficient (Wildman–Crippen LogP) is 1.02. The maximum absolute atomic E-state index is 14.0. The number of nitrogens with zero attached hydrogens (tertiary/aromatic N) is 1. The highest BCUT2D eigenvalue weighted by Crippen LogP contribution is 2.65. The van der Waals surface area contributed by atoms with Crippen LogP contribution in [0.2, 0.25) is 0 Å². The highest BCUT2D eigenvalue weighted by Gasteiger charge is 2.70. The predicted molar refractivity (Wildman–Crippen MR) is 146 cm³/mol. The Kier molecular flexibility index (Phi) is 8.91. The van der Waals surface area contributed by atoms with E-state index in [1.807, 2.05) is 20.8 Å². The lowest BCUT2D eigenvalue weighted by Crippen LogP contribution is -2.62. The maximum atomic E-state index is 14.0. The van der Waals surface area contributed by atoms with E-state index in [9.17, 15) is 33.9 Å². The fourth-order valence-corrected chi connectivity index (χ4v) is 5.97. The van der Waals surface area contributed by atoms with Gasteiger partial charge in [0.2, 0.25) is 17.6 Å². The van der Waals surface area contributed by atoms with Gasteiger partial charge in [-0.2, -0.15) is 0 Å². The Labute approximate surface area is 235 Å². The van der Waals surface area contributed by atoms with Crippen molar-refractivity contribution in [2.45, 2.75) is 98.3 Å². The van der Waals surface area contributed by atoms with Crippen LogP contribution in [0.4, 0.5) is 4.79 Å². The maximum Gasteiger partial charge on any atom is 0.326 e. The van der Waals surface area contributed by atoms with Crippen molar-refractivity contribution in [1.29, 1.82) is 0 Å². The molecule has 12 heteroatoms. The summed E-state index contributed by atoms with van der Waals surface area (Å²) in [5.74, 6) is -4.34. The van der Waals surface area contributed by atoms with Crippen LogP contribution >= 0.6 is 0 Å². The molecule has 0 radical (unpaired) electrons.